The highest BCUT2D eigenvalue weighted by atomic mass is 16.5. The van der Waals surface area contributed by atoms with Crippen LogP contribution < -0.4 is 9.64 Å². The first-order chi connectivity index (χ1) is 15.6. The third-order valence-corrected chi connectivity index (χ3v) is 6.93. The van der Waals surface area contributed by atoms with E-state index in [2.05, 4.69) is 72.3 Å². The summed E-state index contributed by atoms with van der Waals surface area (Å²) < 4.78 is 11.6. The molecule has 32 heavy (non-hydrogen) atoms. The largest absolute Gasteiger partial charge is 0.487 e. The molecule has 3 aromatic rings. The summed E-state index contributed by atoms with van der Waals surface area (Å²) >= 11 is 0. The summed E-state index contributed by atoms with van der Waals surface area (Å²) in [5.41, 5.74) is 5.15. The molecule has 0 bridgehead atoms. The van der Waals surface area contributed by atoms with E-state index in [0.717, 1.165) is 23.9 Å². The fourth-order valence-corrected chi connectivity index (χ4v) is 4.80. The molecule has 1 aromatic heterocycles. The van der Waals surface area contributed by atoms with Crippen molar-refractivity contribution in [2.75, 3.05) is 24.7 Å². The molecular weight excluding hydrogens is 398 g/mol. The molecule has 1 saturated carbocycles. The lowest BCUT2D eigenvalue weighted by Gasteiger charge is -2.43. The highest BCUT2D eigenvalue weighted by molar-refractivity contribution is 5.44. The molecule has 0 radical (unpaired) electrons. The second-order valence-corrected chi connectivity index (χ2v) is 9.08. The van der Waals surface area contributed by atoms with Gasteiger partial charge in [-0.3, -0.25) is 0 Å². The Morgan fingerprint density at radius 3 is 2.41 bits per heavy atom. The molecule has 0 amide bonds. The maximum absolute atomic E-state index is 6.07. The molecule has 0 unspecified atom stereocenters. The van der Waals surface area contributed by atoms with E-state index in [1.165, 1.54) is 36.0 Å². The van der Waals surface area contributed by atoms with Crippen molar-refractivity contribution in [3.05, 3.63) is 83.2 Å². The molecule has 0 N–H and O–H groups in total. The molecule has 5 rings (SSSR count). The summed E-state index contributed by atoms with van der Waals surface area (Å²) in [6.45, 7) is 6.95. The van der Waals surface area contributed by atoms with Crippen LogP contribution in [0.2, 0.25) is 0 Å². The minimum Gasteiger partial charge on any atom is -0.487 e. The highest BCUT2D eigenvalue weighted by Crippen LogP contribution is 2.49. The van der Waals surface area contributed by atoms with E-state index in [9.17, 15) is 0 Å². The second kappa shape index (κ2) is 8.91. The van der Waals surface area contributed by atoms with Crippen molar-refractivity contribution in [2.24, 2.45) is 0 Å². The number of hydrogen-bond acceptors (Lipinski definition) is 5. The van der Waals surface area contributed by atoms with Gasteiger partial charge in [0.15, 0.2) is 0 Å². The number of aromatic nitrogens is 2. The quantitative estimate of drug-likeness (QED) is 0.548. The van der Waals surface area contributed by atoms with Crippen LogP contribution in [0.25, 0.3) is 0 Å². The van der Waals surface area contributed by atoms with Gasteiger partial charge in [-0.05, 0) is 56.0 Å². The fraction of sp³-hybridized carbons (Fsp3) is 0.407. The van der Waals surface area contributed by atoms with E-state index in [-0.39, 0.29) is 11.5 Å². The average Bonchev–Trinajstić information content (AvgIpc) is 2.79. The van der Waals surface area contributed by atoms with Crippen LogP contribution >= 0.6 is 0 Å². The lowest BCUT2D eigenvalue weighted by Crippen LogP contribution is -2.44. The SMILES string of the molecule is Cc1ccc(C2(c3ccc(OCc4ccnc(N5CCOC[C@H]5C)n4)cc3)CCC2)cc1. The van der Waals surface area contributed by atoms with Crippen LogP contribution in [-0.4, -0.2) is 35.8 Å². The van der Waals surface area contributed by atoms with Crippen molar-refractivity contribution in [1.82, 2.24) is 9.97 Å². The highest BCUT2D eigenvalue weighted by Gasteiger charge is 2.40. The summed E-state index contributed by atoms with van der Waals surface area (Å²) in [6, 6.07) is 19.9. The molecule has 2 aromatic carbocycles. The van der Waals surface area contributed by atoms with Crippen molar-refractivity contribution in [2.45, 2.75) is 51.2 Å². The minimum absolute atomic E-state index is 0.155. The first-order valence-corrected chi connectivity index (χ1v) is 11.6. The van der Waals surface area contributed by atoms with Gasteiger partial charge in [0.25, 0.3) is 0 Å². The van der Waals surface area contributed by atoms with Crippen molar-refractivity contribution in [3.63, 3.8) is 0 Å². The Morgan fingerprint density at radius 1 is 1.03 bits per heavy atom. The van der Waals surface area contributed by atoms with Crippen molar-refractivity contribution < 1.29 is 9.47 Å². The maximum Gasteiger partial charge on any atom is 0.226 e. The van der Waals surface area contributed by atoms with Gasteiger partial charge in [0, 0.05) is 18.2 Å². The van der Waals surface area contributed by atoms with Crippen LogP contribution in [0.5, 0.6) is 5.75 Å². The van der Waals surface area contributed by atoms with E-state index in [1.807, 2.05) is 12.3 Å². The Bertz CT molecular complexity index is 1050. The zero-order valence-electron chi connectivity index (χ0n) is 19.0. The number of nitrogens with zero attached hydrogens (tertiary/aromatic N) is 3. The molecule has 1 aliphatic heterocycles. The van der Waals surface area contributed by atoms with Gasteiger partial charge in [0.05, 0.1) is 24.9 Å². The first kappa shape index (κ1) is 21.0. The summed E-state index contributed by atoms with van der Waals surface area (Å²) in [5.74, 6) is 1.62. The second-order valence-electron chi connectivity index (χ2n) is 9.08. The predicted molar refractivity (Wildman–Crippen MR) is 126 cm³/mol. The van der Waals surface area contributed by atoms with E-state index >= 15 is 0 Å². The van der Waals surface area contributed by atoms with Gasteiger partial charge in [-0.2, -0.15) is 0 Å². The molecule has 0 spiro atoms. The maximum atomic E-state index is 6.07. The molecule has 1 aliphatic carbocycles. The van der Waals surface area contributed by atoms with Gasteiger partial charge in [-0.15, -0.1) is 0 Å². The van der Waals surface area contributed by atoms with Crippen LogP contribution in [0.15, 0.2) is 60.8 Å². The monoisotopic (exact) mass is 429 g/mol. The van der Waals surface area contributed by atoms with Crippen LogP contribution in [0, 0.1) is 6.92 Å². The molecule has 5 heteroatoms. The zero-order valence-corrected chi connectivity index (χ0v) is 19.0. The van der Waals surface area contributed by atoms with Crippen molar-refractivity contribution in [1.29, 1.82) is 0 Å². The Labute approximate surface area is 190 Å². The van der Waals surface area contributed by atoms with Crippen LogP contribution in [0.3, 0.4) is 0 Å². The number of morpholine rings is 1. The van der Waals surface area contributed by atoms with Crippen molar-refractivity contribution in [3.8, 4) is 5.75 Å². The van der Waals surface area contributed by atoms with Gasteiger partial charge < -0.3 is 14.4 Å². The van der Waals surface area contributed by atoms with Crippen LogP contribution in [0.1, 0.15) is 48.6 Å². The number of anilines is 1. The molecular formula is C27H31N3O2. The molecule has 2 heterocycles. The van der Waals surface area contributed by atoms with Gasteiger partial charge in [-0.25, -0.2) is 9.97 Å². The topological polar surface area (TPSA) is 47.5 Å². The molecule has 1 atom stereocenters. The number of hydrogen-bond donors (Lipinski definition) is 0. The Balaban J connectivity index is 1.27. The lowest BCUT2D eigenvalue weighted by atomic mass is 9.60. The lowest BCUT2D eigenvalue weighted by molar-refractivity contribution is 0.0980. The molecule has 5 nitrogen and oxygen atoms in total. The zero-order chi connectivity index (χ0) is 22.0. The average molecular weight is 430 g/mol. The van der Waals surface area contributed by atoms with Crippen LogP contribution in [0.4, 0.5) is 5.95 Å². The summed E-state index contributed by atoms with van der Waals surface area (Å²) in [6.07, 6.45) is 5.51. The fourth-order valence-electron chi connectivity index (χ4n) is 4.80. The van der Waals surface area contributed by atoms with E-state index in [4.69, 9.17) is 14.5 Å². The number of rotatable bonds is 6. The van der Waals surface area contributed by atoms with Gasteiger partial charge >= 0.3 is 0 Å². The third kappa shape index (κ3) is 4.09. The van der Waals surface area contributed by atoms with E-state index in [1.54, 1.807) is 0 Å². The predicted octanol–water partition coefficient (Wildman–Crippen LogP) is 5.06. The smallest absolute Gasteiger partial charge is 0.226 e. The summed E-state index contributed by atoms with van der Waals surface area (Å²) in [5, 5.41) is 0. The molecule has 1 saturated heterocycles. The normalized spacial score (nSPS) is 19.9. The van der Waals surface area contributed by atoms with Crippen LogP contribution in [-0.2, 0) is 16.8 Å². The summed E-state index contributed by atoms with van der Waals surface area (Å²) in [7, 11) is 0. The molecule has 2 fully saturated rings. The Morgan fingerprint density at radius 2 is 1.75 bits per heavy atom. The first-order valence-electron chi connectivity index (χ1n) is 11.6. The summed E-state index contributed by atoms with van der Waals surface area (Å²) in [4.78, 5) is 11.4. The number of ether oxygens (including phenoxy) is 2. The minimum atomic E-state index is 0.155. The third-order valence-electron chi connectivity index (χ3n) is 6.93. The van der Waals surface area contributed by atoms with E-state index in [0.29, 0.717) is 19.8 Å². The van der Waals surface area contributed by atoms with Gasteiger partial charge in [-0.1, -0.05) is 48.4 Å². The van der Waals surface area contributed by atoms with Gasteiger partial charge in [0.2, 0.25) is 5.95 Å². The Hall–Kier alpha value is -2.92. The number of aryl methyl sites for hydroxylation is 1. The van der Waals surface area contributed by atoms with Crippen molar-refractivity contribution >= 4 is 5.95 Å². The van der Waals surface area contributed by atoms with Gasteiger partial charge in [0.1, 0.15) is 12.4 Å². The van der Waals surface area contributed by atoms with E-state index < -0.39 is 0 Å². The molecule has 166 valence electrons. The number of benzene rings is 2. The molecule has 2 aliphatic rings. The standard InChI is InChI=1S/C27H31N3O2/c1-20-4-6-22(7-5-20)27(13-3-14-27)23-8-10-25(11-9-23)32-19-24-12-15-28-26(29-24)30-16-17-31-18-21(30)2/h4-12,15,21H,3,13-14,16-19H2,1-2H3/t21-/m1/s1. The Kier molecular flexibility index (Phi) is 5.83.